The first-order valence-electron chi connectivity index (χ1n) is 8.44. The van der Waals surface area contributed by atoms with Crippen molar-refractivity contribution in [3.05, 3.63) is 12.2 Å². The smallest absolute Gasteiger partial charge is 0.248 e. The molecule has 0 heterocycles. The highest BCUT2D eigenvalue weighted by Crippen LogP contribution is 2.19. The number of aliphatic hydroxyl groups excluding tert-OH is 2. The number of hydrogen-bond acceptors (Lipinski definition) is 6. The van der Waals surface area contributed by atoms with Crippen LogP contribution in [0.15, 0.2) is 12.2 Å². The molecule has 146 valence electrons. The Labute approximate surface area is 150 Å². The summed E-state index contributed by atoms with van der Waals surface area (Å²) < 4.78 is 11.5. The van der Waals surface area contributed by atoms with Crippen LogP contribution in [0.4, 0.5) is 0 Å². The molecule has 7 nitrogen and oxygen atoms in total. The second-order valence-electron chi connectivity index (χ2n) is 7.09. The second kappa shape index (κ2) is 10.7. The Hall–Kier alpha value is -1.28. The van der Waals surface area contributed by atoms with Crippen LogP contribution in [-0.2, 0) is 19.1 Å². The molecule has 2 N–H and O–H groups in total. The average molecular weight is 359 g/mol. The minimum atomic E-state index is -0.923. The number of hydrogen-bond donors (Lipinski definition) is 2. The topological polar surface area (TPSA) is 96.3 Å². The molecular formula is C18H33NO6. The predicted molar refractivity (Wildman–Crippen MR) is 95.3 cm³/mol. The summed E-state index contributed by atoms with van der Waals surface area (Å²) in [5, 5.41) is 17.9. The van der Waals surface area contributed by atoms with Crippen LogP contribution in [-0.4, -0.2) is 77.5 Å². The lowest BCUT2D eigenvalue weighted by Crippen LogP contribution is -2.40. The molecule has 0 fully saturated rings. The van der Waals surface area contributed by atoms with Gasteiger partial charge in [-0.2, -0.15) is 0 Å². The van der Waals surface area contributed by atoms with Crippen molar-refractivity contribution in [3.63, 3.8) is 0 Å². The first-order chi connectivity index (χ1) is 11.5. The first kappa shape index (κ1) is 23.7. The number of aliphatic hydroxyl groups is 2. The highest BCUT2D eigenvalue weighted by atomic mass is 16.5. The molecule has 0 aromatic carbocycles. The Bertz CT molecular complexity index is 458. The van der Waals surface area contributed by atoms with Crippen LogP contribution in [0, 0.1) is 0 Å². The molecule has 0 aliphatic carbocycles. The third-order valence-corrected chi connectivity index (χ3v) is 3.81. The maximum absolute atomic E-state index is 12.0. The lowest BCUT2D eigenvalue weighted by molar-refractivity contribution is -0.140. The van der Waals surface area contributed by atoms with E-state index in [0.29, 0.717) is 18.6 Å². The van der Waals surface area contributed by atoms with Gasteiger partial charge in [-0.05, 0) is 46.6 Å². The number of amides is 1. The molecule has 0 aliphatic rings. The van der Waals surface area contributed by atoms with E-state index in [4.69, 9.17) is 19.7 Å². The van der Waals surface area contributed by atoms with Gasteiger partial charge in [0.2, 0.25) is 5.91 Å². The number of Topliss-reactive ketones (excluding diaryl/α,β-unsaturated/α-hetero) is 1. The molecule has 0 aromatic heterocycles. The zero-order valence-electron chi connectivity index (χ0n) is 16.1. The van der Waals surface area contributed by atoms with Crippen LogP contribution in [0.3, 0.4) is 0 Å². The molecule has 0 spiro atoms. The van der Waals surface area contributed by atoms with E-state index < -0.39 is 23.7 Å². The van der Waals surface area contributed by atoms with Gasteiger partial charge in [0.15, 0.2) is 5.78 Å². The van der Waals surface area contributed by atoms with Crippen LogP contribution in [0.5, 0.6) is 0 Å². The summed E-state index contributed by atoms with van der Waals surface area (Å²) >= 11 is 0. The number of ether oxygens (including phenoxy) is 2. The van der Waals surface area contributed by atoms with Gasteiger partial charge in [0, 0.05) is 13.1 Å². The van der Waals surface area contributed by atoms with E-state index >= 15 is 0 Å². The van der Waals surface area contributed by atoms with Gasteiger partial charge in [0.05, 0.1) is 25.4 Å². The molecule has 1 amide bonds. The molecule has 0 aliphatic heterocycles. The van der Waals surface area contributed by atoms with Gasteiger partial charge in [-0.3, -0.25) is 9.59 Å². The summed E-state index contributed by atoms with van der Waals surface area (Å²) in [7, 11) is 0. The Morgan fingerprint density at radius 3 is 2.12 bits per heavy atom. The molecule has 0 atom stereocenters. The van der Waals surface area contributed by atoms with Crippen molar-refractivity contribution in [2.75, 3.05) is 39.5 Å². The third-order valence-electron chi connectivity index (χ3n) is 3.81. The van der Waals surface area contributed by atoms with E-state index in [1.54, 1.807) is 20.8 Å². The number of carbonyl (C=O) groups excluding carboxylic acids is 2. The van der Waals surface area contributed by atoms with Gasteiger partial charge in [-0.1, -0.05) is 6.58 Å². The minimum Gasteiger partial charge on any atom is -0.395 e. The van der Waals surface area contributed by atoms with Crippen molar-refractivity contribution in [1.82, 2.24) is 4.90 Å². The van der Waals surface area contributed by atoms with Crippen LogP contribution in [0.2, 0.25) is 0 Å². The van der Waals surface area contributed by atoms with E-state index in [0.717, 1.165) is 0 Å². The highest BCUT2D eigenvalue weighted by molar-refractivity contribution is 6.00. The van der Waals surface area contributed by atoms with Crippen molar-refractivity contribution >= 4 is 11.7 Å². The summed E-state index contributed by atoms with van der Waals surface area (Å²) in [6.07, 6.45) is 0.563. The zero-order chi connectivity index (χ0) is 19.7. The Kier molecular flexibility index (Phi) is 10.1. The van der Waals surface area contributed by atoms with Gasteiger partial charge in [0.25, 0.3) is 0 Å². The normalized spacial score (nSPS) is 12.1. The quantitative estimate of drug-likeness (QED) is 0.475. The van der Waals surface area contributed by atoms with Crippen LogP contribution in [0.1, 0.15) is 41.0 Å². The fourth-order valence-corrected chi connectivity index (χ4v) is 2.22. The Balaban J connectivity index is 4.34. The zero-order valence-corrected chi connectivity index (χ0v) is 16.1. The van der Waals surface area contributed by atoms with Crippen molar-refractivity contribution in [2.24, 2.45) is 0 Å². The molecule has 0 aromatic rings. The maximum atomic E-state index is 12.0. The van der Waals surface area contributed by atoms with Crippen LogP contribution >= 0.6 is 0 Å². The van der Waals surface area contributed by atoms with Gasteiger partial charge < -0.3 is 24.6 Å². The fourth-order valence-electron chi connectivity index (χ4n) is 2.22. The molecule has 25 heavy (non-hydrogen) atoms. The summed E-state index contributed by atoms with van der Waals surface area (Å²) in [6.45, 7) is 12.8. The van der Waals surface area contributed by atoms with E-state index in [-0.39, 0.29) is 32.1 Å². The highest BCUT2D eigenvalue weighted by Gasteiger charge is 2.29. The van der Waals surface area contributed by atoms with Crippen LogP contribution < -0.4 is 0 Å². The van der Waals surface area contributed by atoms with Gasteiger partial charge in [-0.15, -0.1) is 0 Å². The SMILES string of the molecule is C=C(C)C(=O)C(C)(C)OCCC(C)(C)OCCN(CCO)C(=O)CO. The number of carbonyl (C=O) groups is 2. The fraction of sp³-hybridized carbons (Fsp3) is 0.778. The number of nitrogens with zero attached hydrogens (tertiary/aromatic N) is 1. The van der Waals surface area contributed by atoms with Crippen molar-refractivity contribution in [3.8, 4) is 0 Å². The van der Waals surface area contributed by atoms with Gasteiger partial charge >= 0.3 is 0 Å². The third kappa shape index (κ3) is 9.11. The van der Waals surface area contributed by atoms with E-state index in [1.165, 1.54) is 4.90 Å². The summed E-state index contributed by atoms with van der Waals surface area (Å²) in [6, 6.07) is 0. The molecule has 0 unspecified atom stereocenters. The van der Waals surface area contributed by atoms with Gasteiger partial charge in [-0.25, -0.2) is 0 Å². The van der Waals surface area contributed by atoms with E-state index in [1.807, 2.05) is 13.8 Å². The molecule has 0 saturated heterocycles. The molecule has 0 radical (unpaired) electrons. The second-order valence-corrected chi connectivity index (χ2v) is 7.09. The van der Waals surface area contributed by atoms with Gasteiger partial charge in [0.1, 0.15) is 12.2 Å². The molecule has 0 saturated carbocycles. The Morgan fingerprint density at radius 2 is 1.64 bits per heavy atom. The largest absolute Gasteiger partial charge is 0.395 e. The summed E-state index contributed by atoms with van der Waals surface area (Å²) in [5.41, 5.74) is -0.971. The average Bonchev–Trinajstić information content (AvgIpc) is 2.51. The predicted octanol–water partition coefficient (Wildman–Crippen LogP) is 0.925. The lowest BCUT2D eigenvalue weighted by atomic mass is 9.98. The molecule has 0 bridgehead atoms. The first-order valence-corrected chi connectivity index (χ1v) is 8.44. The van der Waals surface area contributed by atoms with E-state index in [9.17, 15) is 9.59 Å². The van der Waals surface area contributed by atoms with Crippen molar-refractivity contribution in [2.45, 2.75) is 52.2 Å². The lowest BCUT2D eigenvalue weighted by Gasteiger charge is -2.30. The molecular weight excluding hydrogens is 326 g/mol. The summed E-state index contributed by atoms with van der Waals surface area (Å²) in [5.74, 6) is -0.577. The van der Waals surface area contributed by atoms with Crippen molar-refractivity contribution < 1.29 is 29.3 Å². The monoisotopic (exact) mass is 359 g/mol. The molecule has 7 heteroatoms. The van der Waals surface area contributed by atoms with Crippen molar-refractivity contribution in [1.29, 1.82) is 0 Å². The van der Waals surface area contributed by atoms with E-state index in [2.05, 4.69) is 6.58 Å². The number of rotatable bonds is 13. The summed E-state index contributed by atoms with van der Waals surface area (Å²) in [4.78, 5) is 24.8. The van der Waals surface area contributed by atoms with Crippen LogP contribution in [0.25, 0.3) is 0 Å². The Morgan fingerprint density at radius 1 is 1.04 bits per heavy atom. The minimum absolute atomic E-state index is 0.131. The number of ketones is 1. The molecule has 0 rings (SSSR count). The maximum Gasteiger partial charge on any atom is 0.248 e. The standard InChI is InChI=1S/C18H33NO6/c1-14(2)16(23)18(5,6)25-11-7-17(3,4)24-12-9-19(8-10-20)15(22)13-21/h20-21H,1,7-13H2,2-6H3.